The van der Waals surface area contributed by atoms with Gasteiger partial charge in [-0.25, -0.2) is 0 Å². The fourth-order valence-electron chi connectivity index (χ4n) is 3.33. The van der Waals surface area contributed by atoms with Crippen LogP contribution < -0.4 is 5.32 Å². The van der Waals surface area contributed by atoms with E-state index in [1.165, 1.54) is 24.9 Å². The van der Waals surface area contributed by atoms with Gasteiger partial charge in [0, 0.05) is 30.4 Å². The van der Waals surface area contributed by atoms with Crippen molar-refractivity contribution >= 4 is 0 Å². The zero-order valence-corrected chi connectivity index (χ0v) is 12.8. The van der Waals surface area contributed by atoms with Crippen molar-refractivity contribution in [2.24, 2.45) is 5.92 Å². The molecule has 1 N–H and O–H groups in total. The summed E-state index contributed by atoms with van der Waals surface area (Å²) < 4.78 is 2.04. The van der Waals surface area contributed by atoms with E-state index in [0.717, 1.165) is 13.1 Å². The average Bonchev–Trinajstić information content (AvgIpc) is 2.87. The van der Waals surface area contributed by atoms with Gasteiger partial charge in [0.25, 0.3) is 0 Å². The second-order valence-corrected chi connectivity index (χ2v) is 5.87. The average molecular weight is 264 g/mol. The molecule has 0 spiro atoms. The van der Waals surface area contributed by atoms with E-state index in [4.69, 9.17) is 0 Å². The summed E-state index contributed by atoms with van der Waals surface area (Å²) in [5.74, 6) is 0.690. The number of rotatable bonds is 5. The van der Waals surface area contributed by atoms with Gasteiger partial charge in [-0.05, 0) is 59.7 Å². The lowest BCUT2D eigenvalue weighted by atomic mass is 9.85. The monoisotopic (exact) mass is 264 g/mol. The Kier molecular flexibility index (Phi) is 4.99. The highest BCUT2D eigenvalue weighted by Crippen LogP contribution is 2.36. The molecule has 0 bridgehead atoms. The van der Waals surface area contributed by atoms with E-state index >= 15 is 0 Å². The lowest BCUT2D eigenvalue weighted by Crippen LogP contribution is -2.45. The Hall–Kier alpha value is -0.870. The number of nitrogens with one attached hydrogen (secondary N) is 1. The molecule has 19 heavy (non-hydrogen) atoms. The van der Waals surface area contributed by atoms with Gasteiger partial charge in [0.15, 0.2) is 0 Å². The standard InChI is InChI=1S/C15H28N4/c1-5-18-11-14(10-17-18)15-13(9-16-4)7-6-8-19(15)12(2)3/h10-13,15-16H,5-9H2,1-4H3. The molecule has 0 aromatic carbocycles. The van der Waals surface area contributed by atoms with Gasteiger partial charge in [-0.1, -0.05) is 0 Å². The molecule has 2 atom stereocenters. The Labute approximate surface area is 117 Å². The molecule has 2 heterocycles. The summed E-state index contributed by atoms with van der Waals surface area (Å²) in [6, 6.07) is 1.11. The number of aryl methyl sites for hydroxylation is 1. The van der Waals surface area contributed by atoms with Crippen LogP contribution in [-0.4, -0.2) is 40.9 Å². The lowest BCUT2D eigenvalue weighted by Gasteiger charge is -2.43. The third-order valence-corrected chi connectivity index (χ3v) is 4.24. The third kappa shape index (κ3) is 3.18. The Balaban J connectivity index is 2.25. The molecule has 1 aliphatic heterocycles. The summed E-state index contributed by atoms with van der Waals surface area (Å²) in [6.45, 7) is 10.00. The molecule has 4 nitrogen and oxygen atoms in total. The zero-order chi connectivity index (χ0) is 13.8. The molecular formula is C15H28N4. The second-order valence-electron chi connectivity index (χ2n) is 5.87. The van der Waals surface area contributed by atoms with Crippen LogP contribution in [0.25, 0.3) is 0 Å². The minimum Gasteiger partial charge on any atom is -0.319 e. The minimum atomic E-state index is 0.515. The first-order valence-corrected chi connectivity index (χ1v) is 7.60. The number of hydrogen-bond donors (Lipinski definition) is 1. The van der Waals surface area contributed by atoms with E-state index in [0.29, 0.717) is 18.0 Å². The summed E-state index contributed by atoms with van der Waals surface area (Å²) in [4.78, 5) is 2.64. The molecule has 0 saturated carbocycles. The van der Waals surface area contributed by atoms with Gasteiger partial charge in [-0.2, -0.15) is 5.10 Å². The van der Waals surface area contributed by atoms with Crippen LogP contribution in [0.2, 0.25) is 0 Å². The van der Waals surface area contributed by atoms with Gasteiger partial charge in [-0.3, -0.25) is 9.58 Å². The van der Waals surface area contributed by atoms with Crippen LogP contribution in [0.5, 0.6) is 0 Å². The molecule has 4 heteroatoms. The number of likely N-dealkylation sites (tertiary alicyclic amines) is 1. The van der Waals surface area contributed by atoms with Crippen LogP contribution in [0, 0.1) is 5.92 Å². The summed E-state index contributed by atoms with van der Waals surface area (Å²) >= 11 is 0. The van der Waals surface area contributed by atoms with Gasteiger partial charge in [0.05, 0.1) is 6.20 Å². The smallest absolute Gasteiger partial charge is 0.0537 e. The number of piperidine rings is 1. The highest BCUT2D eigenvalue weighted by Gasteiger charge is 2.34. The van der Waals surface area contributed by atoms with Crippen molar-refractivity contribution in [2.75, 3.05) is 20.1 Å². The fraction of sp³-hybridized carbons (Fsp3) is 0.800. The first-order valence-electron chi connectivity index (χ1n) is 7.60. The number of aromatic nitrogens is 2. The highest BCUT2D eigenvalue weighted by molar-refractivity contribution is 5.14. The molecule has 1 aliphatic rings. The molecule has 0 radical (unpaired) electrons. The Bertz CT molecular complexity index is 383. The maximum absolute atomic E-state index is 4.47. The topological polar surface area (TPSA) is 33.1 Å². The maximum Gasteiger partial charge on any atom is 0.0537 e. The predicted octanol–water partition coefficient (Wildman–Crippen LogP) is 2.28. The molecule has 1 fully saturated rings. The predicted molar refractivity (Wildman–Crippen MR) is 79.1 cm³/mol. The first-order chi connectivity index (χ1) is 9.17. The van der Waals surface area contributed by atoms with Gasteiger partial charge in [0.2, 0.25) is 0 Å². The Morgan fingerprint density at radius 2 is 2.26 bits per heavy atom. The molecule has 1 saturated heterocycles. The molecule has 0 aliphatic carbocycles. The van der Waals surface area contributed by atoms with Crippen molar-refractivity contribution in [3.8, 4) is 0 Å². The minimum absolute atomic E-state index is 0.515. The van der Waals surface area contributed by atoms with Gasteiger partial charge >= 0.3 is 0 Å². The Morgan fingerprint density at radius 3 is 2.84 bits per heavy atom. The molecule has 2 unspecified atom stereocenters. The second kappa shape index (κ2) is 6.53. The van der Waals surface area contributed by atoms with Crippen molar-refractivity contribution in [1.82, 2.24) is 20.0 Å². The van der Waals surface area contributed by atoms with E-state index in [1.807, 2.05) is 4.68 Å². The van der Waals surface area contributed by atoms with E-state index in [2.05, 4.69) is 55.5 Å². The summed E-state index contributed by atoms with van der Waals surface area (Å²) in [6.07, 6.45) is 6.92. The van der Waals surface area contributed by atoms with Crippen molar-refractivity contribution in [1.29, 1.82) is 0 Å². The quantitative estimate of drug-likeness (QED) is 0.886. The van der Waals surface area contributed by atoms with Gasteiger partial charge < -0.3 is 5.32 Å². The van der Waals surface area contributed by atoms with Crippen LogP contribution >= 0.6 is 0 Å². The summed E-state index contributed by atoms with van der Waals surface area (Å²) in [5.41, 5.74) is 1.38. The lowest BCUT2D eigenvalue weighted by molar-refractivity contribution is 0.0635. The molecule has 0 amide bonds. The first kappa shape index (κ1) is 14.5. The Morgan fingerprint density at radius 1 is 1.47 bits per heavy atom. The molecule has 1 aromatic rings. The van der Waals surface area contributed by atoms with Crippen LogP contribution in [0.4, 0.5) is 0 Å². The van der Waals surface area contributed by atoms with E-state index in [-0.39, 0.29) is 0 Å². The molecule has 108 valence electrons. The normalized spacial score (nSPS) is 25.1. The third-order valence-electron chi connectivity index (χ3n) is 4.24. The fourth-order valence-corrected chi connectivity index (χ4v) is 3.33. The van der Waals surface area contributed by atoms with Gasteiger partial charge in [-0.15, -0.1) is 0 Å². The van der Waals surface area contributed by atoms with E-state index < -0.39 is 0 Å². The highest BCUT2D eigenvalue weighted by atomic mass is 15.3. The molecular weight excluding hydrogens is 236 g/mol. The van der Waals surface area contributed by atoms with Crippen LogP contribution in [0.3, 0.4) is 0 Å². The molecule has 2 rings (SSSR count). The van der Waals surface area contributed by atoms with E-state index in [9.17, 15) is 0 Å². The SMILES string of the molecule is CCn1cc(C2C(CNC)CCCN2C(C)C)cn1. The van der Waals surface area contributed by atoms with Crippen molar-refractivity contribution in [2.45, 2.75) is 52.2 Å². The van der Waals surface area contributed by atoms with Crippen molar-refractivity contribution < 1.29 is 0 Å². The summed E-state index contributed by atoms with van der Waals surface area (Å²) in [7, 11) is 2.06. The van der Waals surface area contributed by atoms with Gasteiger partial charge in [0.1, 0.15) is 0 Å². The number of nitrogens with zero attached hydrogens (tertiary/aromatic N) is 3. The number of hydrogen-bond acceptors (Lipinski definition) is 3. The molecule has 1 aromatic heterocycles. The zero-order valence-electron chi connectivity index (χ0n) is 12.8. The van der Waals surface area contributed by atoms with Crippen LogP contribution in [0.1, 0.15) is 45.2 Å². The maximum atomic E-state index is 4.47. The summed E-state index contributed by atoms with van der Waals surface area (Å²) in [5, 5.41) is 7.83. The van der Waals surface area contributed by atoms with Crippen LogP contribution in [0.15, 0.2) is 12.4 Å². The van der Waals surface area contributed by atoms with Crippen LogP contribution in [-0.2, 0) is 6.54 Å². The van der Waals surface area contributed by atoms with Crippen molar-refractivity contribution in [3.63, 3.8) is 0 Å². The van der Waals surface area contributed by atoms with Crippen molar-refractivity contribution in [3.05, 3.63) is 18.0 Å². The largest absolute Gasteiger partial charge is 0.319 e. The van der Waals surface area contributed by atoms with E-state index in [1.54, 1.807) is 0 Å².